The van der Waals surface area contributed by atoms with Gasteiger partial charge < -0.3 is 15.3 Å². The van der Waals surface area contributed by atoms with Crippen molar-refractivity contribution in [2.24, 2.45) is 11.3 Å². The van der Waals surface area contributed by atoms with E-state index in [0.29, 0.717) is 13.1 Å². The van der Waals surface area contributed by atoms with Crippen LogP contribution >= 0.6 is 11.6 Å². The monoisotopic (exact) mass is 371 g/mol. The van der Waals surface area contributed by atoms with Crippen molar-refractivity contribution in [1.29, 1.82) is 0 Å². The smallest absolute Gasteiger partial charge is 0.407 e. The van der Waals surface area contributed by atoms with Gasteiger partial charge in [-0.15, -0.1) is 0 Å². The van der Waals surface area contributed by atoms with Gasteiger partial charge in [0.2, 0.25) is 11.1 Å². The standard InChI is InChI=1S/C15H22ClN5O4/c1-15(2,3)11-9(5-4-6-20(11)14(22)23)7-17-12-10(21(24)25)8-18-13(16)19-12/h8-9,11H,4-7H2,1-3H3,(H,22,23)(H,17,18,19)/t9?,11-/m0/s1. The zero-order valence-corrected chi connectivity index (χ0v) is 15.2. The number of nitro groups is 1. The molecule has 0 aliphatic carbocycles. The third kappa shape index (κ3) is 4.47. The lowest BCUT2D eigenvalue weighted by Crippen LogP contribution is -2.55. The number of hydrogen-bond donors (Lipinski definition) is 2. The summed E-state index contributed by atoms with van der Waals surface area (Å²) >= 11 is 5.74. The SMILES string of the molecule is CC(C)(C)[C@@H]1C(CNc2nc(Cl)ncc2[N+](=O)[O-])CCCN1C(=O)O. The Balaban J connectivity index is 2.22. The number of carbonyl (C=O) groups is 1. The Labute approximate surface area is 150 Å². The summed E-state index contributed by atoms with van der Waals surface area (Å²) in [5.41, 5.74) is -0.525. The highest BCUT2D eigenvalue weighted by molar-refractivity contribution is 6.28. The van der Waals surface area contributed by atoms with Crippen molar-refractivity contribution < 1.29 is 14.8 Å². The summed E-state index contributed by atoms with van der Waals surface area (Å²) in [6.07, 6.45) is 1.69. The minimum absolute atomic E-state index is 0.00167. The Hall–Kier alpha value is -2.16. The van der Waals surface area contributed by atoms with Crippen molar-refractivity contribution in [1.82, 2.24) is 14.9 Å². The highest BCUT2D eigenvalue weighted by Gasteiger charge is 2.41. The number of amides is 1. The van der Waals surface area contributed by atoms with Gasteiger partial charge in [0.15, 0.2) is 0 Å². The molecule has 25 heavy (non-hydrogen) atoms. The molecule has 138 valence electrons. The second-order valence-electron chi connectivity index (χ2n) is 7.20. The number of anilines is 1. The van der Waals surface area contributed by atoms with Gasteiger partial charge in [0.1, 0.15) is 6.20 Å². The van der Waals surface area contributed by atoms with E-state index in [0.717, 1.165) is 19.0 Å². The zero-order valence-electron chi connectivity index (χ0n) is 14.4. The Morgan fingerprint density at radius 3 is 2.80 bits per heavy atom. The Morgan fingerprint density at radius 1 is 1.56 bits per heavy atom. The van der Waals surface area contributed by atoms with Gasteiger partial charge in [-0.3, -0.25) is 10.1 Å². The molecule has 2 atom stereocenters. The molecule has 1 amide bonds. The number of hydrogen-bond acceptors (Lipinski definition) is 6. The van der Waals surface area contributed by atoms with Crippen molar-refractivity contribution in [3.63, 3.8) is 0 Å². The van der Waals surface area contributed by atoms with Gasteiger partial charge in [-0.25, -0.2) is 9.78 Å². The number of aromatic nitrogens is 2. The van der Waals surface area contributed by atoms with Crippen LogP contribution < -0.4 is 5.32 Å². The number of carboxylic acid groups (broad SMARTS) is 1. The lowest BCUT2D eigenvalue weighted by atomic mass is 9.74. The molecule has 1 aliphatic rings. The van der Waals surface area contributed by atoms with Crippen LogP contribution in [0.1, 0.15) is 33.6 Å². The van der Waals surface area contributed by atoms with Crippen LogP contribution in [-0.2, 0) is 0 Å². The molecule has 1 saturated heterocycles. The van der Waals surface area contributed by atoms with Crippen LogP contribution in [0.25, 0.3) is 0 Å². The van der Waals surface area contributed by atoms with Crippen molar-refractivity contribution in [3.8, 4) is 0 Å². The number of likely N-dealkylation sites (tertiary alicyclic amines) is 1. The van der Waals surface area contributed by atoms with Gasteiger partial charge in [0.05, 0.1) is 4.92 Å². The average molecular weight is 372 g/mol. The Bertz CT molecular complexity index is 664. The number of nitrogens with zero attached hydrogens (tertiary/aromatic N) is 4. The molecular weight excluding hydrogens is 350 g/mol. The van der Waals surface area contributed by atoms with Gasteiger partial charge in [-0.1, -0.05) is 20.8 Å². The van der Waals surface area contributed by atoms with Crippen LogP contribution in [0.15, 0.2) is 6.20 Å². The van der Waals surface area contributed by atoms with E-state index >= 15 is 0 Å². The van der Waals surface area contributed by atoms with Crippen molar-refractivity contribution in [2.75, 3.05) is 18.4 Å². The zero-order chi connectivity index (χ0) is 18.8. The fourth-order valence-corrected chi connectivity index (χ4v) is 3.66. The predicted octanol–water partition coefficient (Wildman–Crippen LogP) is 3.25. The lowest BCUT2D eigenvalue weighted by molar-refractivity contribution is -0.384. The Morgan fingerprint density at radius 2 is 2.24 bits per heavy atom. The second-order valence-corrected chi connectivity index (χ2v) is 7.54. The number of nitrogens with one attached hydrogen (secondary N) is 1. The van der Waals surface area contributed by atoms with Crippen LogP contribution in [0.4, 0.5) is 16.3 Å². The topological polar surface area (TPSA) is 121 Å². The first-order chi connectivity index (χ1) is 11.6. The largest absolute Gasteiger partial charge is 0.465 e. The van der Waals surface area contributed by atoms with Gasteiger partial charge >= 0.3 is 11.8 Å². The van der Waals surface area contributed by atoms with Gasteiger partial charge in [-0.2, -0.15) is 4.98 Å². The molecule has 2 rings (SSSR count). The third-order valence-electron chi connectivity index (χ3n) is 4.36. The van der Waals surface area contributed by atoms with E-state index in [1.54, 1.807) is 0 Å². The fraction of sp³-hybridized carbons (Fsp3) is 0.667. The first-order valence-electron chi connectivity index (χ1n) is 8.01. The highest BCUT2D eigenvalue weighted by atomic mass is 35.5. The summed E-state index contributed by atoms with van der Waals surface area (Å²) in [5.74, 6) is 0.0447. The summed E-state index contributed by atoms with van der Waals surface area (Å²) in [6, 6.07) is -0.206. The molecule has 2 heterocycles. The molecule has 0 radical (unpaired) electrons. The van der Waals surface area contributed by atoms with Crippen LogP contribution in [0.3, 0.4) is 0 Å². The second kappa shape index (κ2) is 7.38. The summed E-state index contributed by atoms with van der Waals surface area (Å²) in [5, 5.41) is 23.5. The maximum atomic E-state index is 11.6. The maximum absolute atomic E-state index is 11.6. The first kappa shape index (κ1) is 19.2. The fourth-order valence-electron chi connectivity index (χ4n) is 3.52. The third-order valence-corrected chi connectivity index (χ3v) is 4.54. The van der Waals surface area contributed by atoms with Crippen molar-refractivity contribution in [2.45, 2.75) is 39.7 Å². The summed E-state index contributed by atoms with van der Waals surface area (Å²) in [4.78, 5) is 31.1. The van der Waals surface area contributed by atoms with Crippen LogP contribution in [0, 0.1) is 21.4 Å². The summed E-state index contributed by atoms with van der Waals surface area (Å²) in [7, 11) is 0. The lowest BCUT2D eigenvalue weighted by Gasteiger charge is -2.46. The predicted molar refractivity (Wildman–Crippen MR) is 92.9 cm³/mol. The van der Waals surface area contributed by atoms with E-state index in [-0.39, 0.29) is 34.2 Å². The van der Waals surface area contributed by atoms with E-state index in [1.165, 1.54) is 4.90 Å². The van der Waals surface area contributed by atoms with E-state index in [4.69, 9.17) is 11.6 Å². The van der Waals surface area contributed by atoms with Gasteiger partial charge in [-0.05, 0) is 35.8 Å². The van der Waals surface area contributed by atoms with Crippen LogP contribution in [0.5, 0.6) is 0 Å². The normalized spacial score (nSPS) is 21.0. The van der Waals surface area contributed by atoms with Crippen LogP contribution in [0.2, 0.25) is 5.28 Å². The molecule has 0 spiro atoms. The molecule has 1 fully saturated rings. The van der Waals surface area contributed by atoms with Gasteiger partial charge in [0.25, 0.3) is 0 Å². The van der Waals surface area contributed by atoms with E-state index in [2.05, 4.69) is 15.3 Å². The average Bonchev–Trinajstić information content (AvgIpc) is 2.51. The number of rotatable bonds is 4. The minimum atomic E-state index is -0.944. The van der Waals surface area contributed by atoms with E-state index in [1.807, 2.05) is 20.8 Å². The van der Waals surface area contributed by atoms with E-state index in [9.17, 15) is 20.0 Å². The molecule has 0 bridgehead atoms. The molecule has 1 unspecified atom stereocenters. The quantitative estimate of drug-likeness (QED) is 0.473. The molecule has 2 N–H and O–H groups in total. The van der Waals surface area contributed by atoms with Crippen molar-refractivity contribution >= 4 is 29.2 Å². The van der Waals surface area contributed by atoms with Crippen molar-refractivity contribution in [3.05, 3.63) is 21.6 Å². The molecule has 10 heteroatoms. The molecule has 9 nitrogen and oxygen atoms in total. The first-order valence-corrected chi connectivity index (χ1v) is 8.39. The molecule has 1 aromatic rings. The van der Waals surface area contributed by atoms with Gasteiger partial charge in [0, 0.05) is 19.1 Å². The summed E-state index contributed by atoms with van der Waals surface area (Å²) < 4.78 is 0. The molecule has 1 aliphatic heterocycles. The summed E-state index contributed by atoms with van der Waals surface area (Å²) in [6.45, 7) is 6.84. The van der Waals surface area contributed by atoms with Crippen LogP contribution in [-0.4, -0.2) is 50.1 Å². The molecule has 0 aromatic carbocycles. The molecule has 0 saturated carbocycles. The highest BCUT2D eigenvalue weighted by Crippen LogP contribution is 2.36. The van der Waals surface area contributed by atoms with E-state index < -0.39 is 11.0 Å². The Kier molecular flexibility index (Phi) is 5.66. The number of halogens is 1. The number of piperidine rings is 1. The molecular formula is C15H22ClN5O4. The maximum Gasteiger partial charge on any atom is 0.407 e. The molecule has 1 aromatic heterocycles. The minimum Gasteiger partial charge on any atom is -0.465 e.